The Balaban J connectivity index is 0.00000729. The SMILES string of the molecule is CCNC(=NCc1cccc(S(=O)(=O)NC)c1)NCCC(OCC)C(C)C.I. The van der Waals surface area contributed by atoms with Crippen molar-refractivity contribution in [3.63, 3.8) is 0 Å². The van der Waals surface area contributed by atoms with Crippen LogP contribution in [0.2, 0.25) is 0 Å². The molecule has 0 amide bonds. The third-order valence-corrected chi connectivity index (χ3v) is 5.50. The summed E-state index contributed by atoms with van der Waals surface area (Å²) in [6.45, 7) is 10.9. The van der Waals surface area contributed by atoms with Gasteiger partial charge in [0.1, 0.15) is 0 Å². The van der Waals surface area contributed by atoms with Crippen LogP contribution in [0, 0.1) is 5.92 Å². The lowest BCUT2D eigenvalue weighted by Crippen LogP contribution is -2.39. The van der Waals surface area contributed by atoms with E-state index in [4.69, 9.17) is 4.74 Å². The van der Waals surface area contributed by atoms with Gasteiger partial charge in [-0.15, -0.1) is 24.0 Å². The second-order valence-electron chi connectivity index (χ2n) is 6.50. The monoisotopic (exact) mass is 526 g/mol. The molecule has 1 aromatic carbocycles. The minimum absolute atomic E-state index is 0. The zero-order valence-corrected chi connectivity index (χ0v) is 20.6. The molecule has 28 heavy (non-hydrogen) atoms. The lowest BCUT2D eigenvalue weighted by molar-refractivity contribution is 0.0258. The van der Waals surface area contributed by atoms with Crippen LogP contribution in [0.15, 0.2) is 34.2 Å². The number of ether oxygens (including phenoxy) is 1. The Morgan fingerprint density at radius 1 is 1.21 bits per heavy atom. The van der Waals surface area contributed by atoms with E-state index in [1.807, 2.05) is 19.9 Å². The molecule has 7 nitrogen and oxygen atoms in total. The number of nitrogens with zero attached hydrogens (tertiary/aromatic N) is 1. The number of aliphatic imine (C=N–C) groups is 1. The van der Waals surface area contributed by atoms with Crippen molar-refractivity contribution in [2.45, 2.75) is 51.7 Å². The molecule has 0 aliphatic rings. The van der Waals surface area contributed by atoms with Gasteiger partial charge in [-0.1, -0.05) is 26.0 Å². The molecule has 0 radical (unpaired) electrons. The topological polar surface area (TPSA) is 91.8 Å². The Morgan fingerprint density at radius 2 is 1.93 bits per heavy atom. The van der Waals surface area contributed by atoms with Gasteiger partial charge in [-0.3, -0.25) is 0 Å². The van der Waals surface area contributed by atoms with E-state index in [2.05, 4.69) is 34.2 Å². The summed E-state index contributed by atoms with van der Waals surface area (Å²) in [5.74, 6) is 1.17. The van der Waals surface area contributed by atoms with Gasteiger partial charge < -0.3 is 15.4 Å². The van der Waals surface area contributed by atoms with Crippen molar-refractivity contribution in [3.05, 3.63) is 29.8 Å². The number of benzene rings is 1. The van der Waals surface area contributed by atoms with Gasteiger partial charge in [-0.25, -0.2) is 18.1 Å². The van der Waals surface area contributed by atoms with Gasteiger partial charge in [0.2, 0.25) is 10.0 Å². The molecule has 162 valence electrons. The van der Waals surface area contributed by atoms with Crippen molar-refractivity contribution in [2.24, 2.45) is 10.9 Å². The molecule has 0 saturated carbocycles. The van der Waals surface area contributed by atoms with Gasteiger partial charge in [0.05, 0.1) is 17.5 Å². The zero-order chi connectivity index (χ0) is 20.3. The normalized spacial score (nSPS) is 13.1. The van der Waals surface area contributed by atoms with Gasteiger partial charge in [-0.05, 0) is 50.9 Å². The third-order valence-electron chi connectivity index (χ3n) is 4.09. The summed E-state index contributed by atoms with van der Waals surface area (Å²) in [4.78, 5) is 4.80. The van der Waals surface area contributed by atoms with Gasteiger partial charge in [0.25, 0.3) is 0 Å². The third kappa shape index (κ3) is 9.53. The fraction of sp³-hybridized carbons (Fsp3) is 0.632. The average molecular weight is 526 g/mol. The van der Waals surface area contributed by atoms with E-state index in [1.165, 1.54) is 7.05 Å². The number of guanidine groups is 1. The van der Waals surface area contributed by atoms with E-state index in [0.29, 0.717) is 25.0 Å². The molecule has 1 unspecified atom stereocenters. The van der Waals surface area contributed by atoms with E-state index in [0.717, 1.165) is 25.1 Å². The highest BCUT2D eigenvalue weighted by Crippen LogP contribution is 2.12. The van der Waals surface area contributed by atoms with Crippen LogP contribution in [0.25, 0.3) is 0 Å². The summed E-state index contributed by atoms with van der Waals surface area (Å²) in [5, 5.41) is 6.53. The lowest BCUT2D eigenvalue weighted by Gasteiger charge is -2.21. The number of rotatable bonds is 11. The standard InChI is InChI=1S/C19H34N4O3S.HI/c1-6-21-19(22-12-11-18(15(3)4)26-7-2)23-14-16-9-8-10-17(13-16)27(24,25)20-5;/h8-10,13,15,18,20H,6-7,11-12,14H2,1-5H3,(H2,21,22,23);1H. The molecule has 0 spiro atoms. The van der Waals surface area contributed by atoms with Crippen molar-refractivity contribution in [2.75, 3.05) is 26.7 Å². The Labute approximate surface area is 187 Å². The molecule has 0 aliphatic carbocycles. The minimum Gasteiger partial charge on any atom is -0.378 e. The molecule has 0 bridgehead atoms. The Morgan fingerprint density at radius 3 is 2.50 bits per heavy atom. The number of sulfonamides is 1. The van der Waals surface area contributed by atoms with Crippen LogP contribution in [0.1, 0.15) is 39.7 Å². The van der Waals surface area contributed by atoms with Gasteiger partial charge in [0, 0.05) is 19.7 Å². The van der Waals surface area contributed by atoms with Gasteiger partial charge in [0.15, 0.2) is 5.96 Å². The first kappa shape index (κ1) is 27.1. The van der Waals surface area contributed by atoms with Gasteiger partial charge in [-0.2, -0.15) is 0 Å². The zero-order valence-electron chi connectivity index (χ0n) is 17.5. The maximum atomic E-state index is 11.9. The smallest absolute Gasteiger partial charge is 0.240 e. The fourth-order valence-corrected chi connectivity index (χ4v) is 3.40. The summed E-state index contributed by atoms with van der Waals surface area (Å²) in [6, 6.07) is 6.81. The molecule has 0 saturated heterocycles. The Kier molecular flexibility index (Phi) is 13.7. The van der Waals surface area contributed by atoms with Crippen LogP contribution >= 0.6 is 24.0 Å². The molecule has 9 heteroatoms. The van der Waals surface area contributed by atoms with Crippen molar-refractivity contribution >= 4 is 40.0 Å². The molecular weight excluding hydrogens is 491 g/mol. The first-order valence-electron chi connectivity index (χ1n) is 9.50. The fourth-order valence-electron chi connectivity index (χ4n) is 2.60. The van der Waals surface area contributed by atoms with Crippen molar-refractivity contribution in [1.82, 2.24) is 15.4 Å². The first-order chi connectivity index (χ1) is 12.8. The molecule has 3 N–H and O–H groups in total. The molecule has 0 aliphatic heterocycles. The number of halogens is 1. The predicted molar refractivity (Wildman–Crippen MR) is 126 cm³/mol. The highest BCUT2D eigenvalue weighted by atomic mass is 127. The summed E-state index contributed by atoms with van der Waals surface area (Å²) >= 11 is 0. The van der Waals surface area contributed by atoms with Crippen LogP contribution < -0.4 is 15.4 Å². The Hall–Kier alpha value is -0.910. The summed E-state index contributed by atoms with van der Waals surface area (Å²) < 4.78 is 31.9. The van der Waals surface area contributed by atoms with E-state index < -0.39 is 10.0 Å². The van der Waals surface area contributed by atoms with E-state index in [1.54, 1.807) is 18.2 Å². The average Bonchev–Trinajstić information content (AvgIpc) is 2.65. The first-order valence-corrected chi connectivity index (χ1v) is 11.0. The van der Waals surface area contributed by atoms with Crippen molar-refractivity contribution < 1.29 is 13.2 Å². The highest BCUT2D eigenvalue weighted by Gasteiger charge is 2.13. The number of hydrogen-bond donors (Lipinski definition) is 3. The lowest BCUT2D eigenvalue weighted by atomic mass is 10.0. The van der Waals surface area contributed by atoms with Gasteiger partial charge >= 0.3 is 0 Å². The number of hydrogen-bond acceptors (Lipinski definition) is 4. The van der Waals surface area contributed by atoms with Crippen LogP contribution in [0.4, 0.5) is 0 Å². The predicted octanol–water partition coefficient (Wildman–Crippen LogP) is 2.72. The molecule has 0 fully saturated rings. The maximum absolute atomic E-state index is 11.9. The molecule has 1 rings (SSSR count). The van der Waals surface area contributed by atoms with E-state index >= 15 is 0 Å². The molecule has 0 heterocycles. The molecular formula is C19H35IN4O3S. The van der Waals surface area contributed by atoms with Crippen LogP contribution in [-0.2, 0) is 21.3 Å². The minimum atomic E-state index is -3.45. The Bertz CT molecular complexity index is 696. The van der Waals surface area contributed by atoms with Crippen LogP contribution in [0.5, 0.6) is 0 Å². The highest BCUT2D eigenvalue weighted by molar-refractivity contribution is 14.0. The largest absolute Gasteiger partial charge is 0.378 e. The summed E-state index contributed by atoms with van der Waals surface area (Å²) in [5.41, 5.74) is 0.831. The summed E-state index contributed by atoms with van der Waals surface area (Å²) in [7, 11) is -2.05. The molecule has 0 aromatic heterocycles. The van der Waals surface area contributed by atoms with E-state index in [9.17, 15) is 8.42 Å². The summed E-state index contributed by atoms with van der Waals surface area (Å²) in [6.07, 6.45) is 1.11. The molecule has 1 atom stereocenters. The van der Waals surface area contributed by atoms with Crippen molar-refractivity contribution in [1.29, 1.82) is 0 Å². The molecule has 1 aromatic rings. The van der Waals surface area contributed by atoms with Crippen molar-refractivity contribution in [3.8, 4) is 0 Å². The second kappa shape index (κ2) is 14.1. The van der Waals surface area contributed by atoms with Crippen LogP contribution in [0.3, 0.4) is 0 Å². The maximum Gasteiger partial charge on any atom is 0.240 e. The number of nitrogens with one attached hydrogen (secondary N) is 3. The quantitative estimate of drug-likeness (QED) is 0.234. The second-order valence-corrected chi connectivity index (χ2v) is 8.39. The van der Waals surface area contributed by atoms with E-state index in [-0.39, 0.29) is 35.0 Å². The van der Waals surface area contributed by atoms with Crippen LogP contribution in [-0.4, -0.2) is 47.2 Å².